The lowest BCUT2D eigenvalue weighted by Gasteiger charge is -2.27. The number of anilines is 1. The van der Waals surface area contributed by atoms with E-state index >= 15 is 0 Å². The molecule has 4 unspecified atom stereocenters. The zero-order chi connectivity index (χ0) is 21.2. The van der Waals surface area contributed by atoms with E-state index in [0.717, 1.165) is 22.8 Å². The van der Waals surface area contributed by atoms with E-state index in [1.165, 1.54) is 5.56 Å². The highest BCUT2D eigenvalue weighted by atomic mass is 16.5. The van der Waals surface area contributed by atoms with Crippen molar-refractivity contribution >= 4 is 17.5 Å². The van der Waals surface area contributed by atoms with Crippen molar-refractivity contribution in [2.45, 2.75) is 39.0 Å². The molecule has 3 aliphatic heterocycles. The predicted octanol–water partition coefficient (Wildman–Crippen LogP) is 3.15. The Hall–Kier alpha value is -2.86. The molecular formula is C24H26N2O4. The summed E-state index contributed by atoms with van der Waals surface area (Å²) >= 11 is 0. The van der Waals surface area contributed by atoms with Gasteiger partial charge in [-0.2, -0.15) is 0 Å². The molecular weight excluding hydrogens is 380 g/mol. The zero-order valence-electron chi connectivity index (χ0n) is 17.7. The lowest BCUT2D eigenvalue weighted by molar-refractivity contribution is -0.139. The Morgan fingerprint density at radius 1 is 1.20 bits per heavy atom. The molecule has 1 aromatic heterocycles. The molecule has 5 rings (SSSR count). The Balaban J connectivity index is 1.42. The lowest BCUT2D eigenvalue weighted by Crippen LogP contribution is -2.44. The Morgan fingerprint density at radius 3 is 2.70 bits per heavy atom. The minimum Gasteiger partial charge on any atom is -0.464 e. The fraction of sp³-hybridized carbons (Fsp3) is 0.417. The summed E-state index contributed by atoms with van der Waals surface area (Å²) in [7, 11) is 1.75. The van der Waals surface area contributed by atoms with Crippen molar-refractivity contribution in [3.63, 3.8) is 0 Å². The molecule has 2 amide bonds. The van der Waals surface area contributed by atoms with Gasteiger partial charge in [0.15, 0.2) is 0 Å². The van der Waals surface area contributed by atoms with E-state index in [9.17, 15) is 9.59 Å². The highest BCUT2D eigenvalue weighted by Gasteiger charge is 2.67. The van der Waals surface area contributed by atoms with Crippen LogP contribution in [0.1, 0.15) is 22.6 Å². The van der Waals surface area contributed by atoms with Crippen LogP contribution in [0, 0.1) is 32.6 Å². The molecule has 0 saturated carbocycles. The van der Waals surface area contributed by atoms with Gasteiger partial charge in [-0.1, -0.05) is 18.2 Å². The van der Waals surface area contributed by atoms with Crippen LogP contribution in [0.15, 0.2) is 46.9 Å². The molecule has 0 radical (unpaired) electrons. The molecule has 156 valence electrons. The smallest absolute Gasteiger partial charge is 0.234 e. The Labute approximate surface area is 176 Å². The molecule has 6 nitrogen and oxygen atoms in total. The number of carbonyl (C=O) groups excluding carboxylic acids is 2. The SMILES string of the molecule is Cc1ccc(CN(C)C(=O)C2C3C=CC4(CN(c5ccc(C)c(C)c5)C(=O)C24)O3)o1. The highest BCUT2D eigenvalue weighted by Crippen LogP contribution is 2.53. The lowest BCUT2D eigenvalue weighted by atomic mass is 9.76. The highest BCUT2D eigenvalue weighted by molar-refractivity contribution is 6.03. The van der Waals surface area contributed by atoms with Gasteiger partial charge in [-0.25, -0.2) is 0 Å². The van der Waals surface area contributed by atoms with E-state index in [4.69, 9.17) is 9.15 Å². The minimum absolute atomic E-state index is 0.0364. The molecule has 2 fully saturated rings. The fourth-order valence-corrected chi connectivity index (χ4v) is 5.03. The van der Waals surface area contributed by atoms with Crippen molar-refractivity contribution in [1.82, 2.24) is 4.90 Å². The Morgan fingerprint density at radius 2 is 2.00 bits per heavy atom. The number of fused-ring (bicyclic) bond motifs is 1. The summed E-state index contributed by atoms with van der Waals surface area (Å²) < 4.78 is 11.9. The molecule has 0 aliphatic carbocycles. The molecule has 2 aromatic rings. The van der Waals surface area contributed by atoms with Crippen LogP contribution >= 0.6 is 0 Å². The van der Waals surface area contributed by atoms with Gasteiger partial charge < -0.3 is 19.0 Å². The van der Waals surface area contributed by atoms with Gasteiger partial charge in [0, 0.05) is 12.7 Å². The monoisotopic (exact) mass is 406 g/mol. The van der Waals surface area contributed by atoms with Gasteiger partial charge in [-0.15, -0.1) is 0 Å². The van der Waals surface area contributed by atoms with Crippen molar-refractivity contribution in [2.75, 3.05) is 18.5 Å². The van der Waals surface area contributed by atoms with E-state index in [2.05, 4.69) is 6.92 Å². The average molecular weight is 406 g/mol. The molecule has 1 spiro atoms. The number of benzene rings is 1. The van der Waals surface area contributed by atoms with Crippen molar-refractivity contribution in [3.8, 4) is 0 Å². The van der Waals surface area contributed by atoms with Gasteiger partial charge in [0.1, 0.15) is 17.1 Å². The van der Waals surface area contributed by atoms with Crippen molar-refractivity contribution < 1.29 is 18.7 Å². The minimum atomic E-state index is -0.719. The Bertz CT molecular complexity index is 1070. The number of amides is 2. The molecule has 2 saturated heterocycles. The maximum atomic E-state index is 13.5. The van der Waals surface area contributed by atoms with Crippen LogP contribution in [0.25, 0.3) is 0 Å². The van der Waals surface area contributed by atoms with Gasteiger partial charge in [-0.05, 0) is 56.2 Å². The van der Waals surface area contributed by atoms with Crippen LogP contribution in [-0.4, -0.2) is 42.0 Å². The average Bonchev–Trinajstić information content (AvgIpc) is 3.45. The number of furan rings is 1. The summed E-state index contributed by atoms with van der Waals surface area (Å²) in [5.74, 6) is 0.409. The largest absolute Gasteiger partial charge is 0.464 e. The summed E-state index contributed by atoms with van der Waals surface area (Å²) in [6.45, 7) is 6.78. The van der Waals surface area contributed by atoms with E-state index in [0.29, 0.717) is 13.1 Å². The molecule has 30 heavy (non-hydrogen) atoms. The summed E-state index contributed by atoms with van der Waals surface area (Å²) in [6, 6.07) is 9.78. The third-order valence-corrected chi connectivity index (χ3v) is 6.75. The van der Waals surface area contributed by atoms with Gasteiger partial charge in [0.05, 0.1) is 31.0 Å². The first-order chi connectivity index (χ1) is 14.3. The molecule has 4 heterocycles. The van der Waals surface area contributed by atoms with E-state index in [-0.39, 0.29) is 17.9 Å². The maximum Gasteiger partial charge on any atom is 0.234 e. The van der Waals surface area contributed by atoms with Gasteiger partial charge in [-0.3, -0.25) is 9.59 Å². The van der Waals surface area contributed by atoms with E-state index in [1.54, 1.807) is 16.8 Å². The number of ether oxygens (including phenoxy) is 1. The second-order valence-corrected chi connectivity index (χ2v) is 8.80. The fourth-order valence-electron chi connectivity index (χ4n) is 5.03. The van der Waals surface area contributed by atoms with Crippen LogP contribution in [-0.2, 0) is 20.9 Å². The molecule has 2 bridgehead atoms. The van der Waals surface area contributed by atoms with E-state index in [1.807, 2.05) is 56.3 Å². The van der Waals surface area contributed by atoms with E-state index < -0.39 is 17.4 Å². The van der Waals surface area contributed by atoms with Crippen molar-refractivity contribution in [2.24, 2.45) is 11.8 Å². The van der Waals surface area contributed by atoms with Crippen LogP contribution in [0.2, 0.25) is 0 Å². The van der Waals surface area contributed by atoms with Crippen LogP contribution in [0.5, 0.6) is 0 Å². The quantitative estimate of drug-likeness (QED) is 0.732. The predicted molar refractivity (Wildman–Crippen MR) is 112 cm³/mol. The van der Waals surface area contributed by atoms with Crippen LogP contribution in [0.4, 0.5) is 5.69 Å². The van der Waals surface area contributed by atoms with Gasteiger partial charge >= 0.3 is 0 Å². The first-order valence-corrected chi connectivity index (χ1v) is 10.4. The first-order valence-electron chi connectivity index (χ1n) is 10.4. The van der Waals surface area contributed by atoms with Gasteiger partial charge in [0.25, 0.3) is 0 Å². The van der Waals surface area contributed by atoms with Crippen LogP contribution in [0.3, 0.4) is 0 Å². The summed E-state index contributed by atoms with van der Waals surface area (Å²) in [5.41, 5.74) is 2.46. The molecule has 3 aliphatic rings. The maximum absolute atomic E-state index is 13.5. The normalized spacial score (nSPS) is 29.0. The number of aryl methyl sites for hydroxylation is 3. The third-order valence-electron chi connectivity index (χ3n) is 6.75. The molecule has 0 N–H and O–H groups in total. The van der Waals surface area contributed by atoms with Crippen molar-refractivity contribution in [3.05, 3.63) is 65.1 Å². The zero-order valence-corrected chi connectivity index (χ0v) is 17.7. The number of rotatable bonds is 4. The second-order valence-electron chi connectivity index (χ2n) is 8.80. The molecule has 1 aromatic carbocycles. The van der Waals surface area contributed by atoms with Crippen LogP contribution < -0.4 is 4.90 Å². The number of nitrogens with zero attached hydrogens (tertiary/aromatic N) is 2. The second kappa shape index (κ2) is 6.57. The number of carbonyl (C=O) groups is 2. The standard InChI is InChI=1S/C24H26N2O4/c1-14-5-7-17(11-15(14)2)26-13-24-10-9-19(30-24)20(21(24)23(26)28)22(27)25(4)12-18-8-6-16(3)29-18/h5-11,19-21H,12-13H2,1-4H3. The number of hydrogen-bond donors (Lipinski definition) is 0. The topological polar surface area (TPSA) is 63.0 Å². The summed E-state index contributed by atoms with van der Waals surface area (Å²) in [4.78, 5) is 30.3. The van der Waals surface area contributed by atoms with Crippen molar-refractivity contribution in [1.29, 1.82) is 0 Å². The first kappa shape index (κ1) is 19.1. The molecule has 6 heteroatoms. The summed E-state index contributed by atoms with van der Waals surface area (Å²) in [6.07, 6.45) is 3.58. The summed E-state index contributed by atoms with van der Waals surface area (Å²) in [5, 5.41) is 0. The number of hydrogen-bond acceptors (Lipinski definition) is 4. The Kier molecular flexibility index (Phi) is 4.19. The molecule has 4 atom stereocenters. The third kappa shape index (κ3) is 2.74. The van der Waals surface area contributed by atoms with Gasteiger partial charge in [0.2, 0.25) is 11.8 Å².